The fourth-order valence-corrected chi connectivity index (χ4v) is 2.82. The summed E-state index contributed by atoms with van der Waals surface area (Å²) >= 11 is 0. The molecule has 25 heavy (non-hydrogen) atoms. The molecule has 0 radical (unpaired) electrons. The standard InChI is InChI=1S/C19H20F3NO2/c20-19(21,22)15-5-1-2-6-16(15)25-18-8-4-3-7-17(18)24-13-14-9-11-23-12-10-14/h1-8,14,23H,9-13H2. The average molecular weight is 351 g/mol. The molecule has 1 aliphatic rings. The number of piperidine rings is 1. The smallest absolute Gasteiger partial charge is 0.419 e. The monoisotopic (exact) mass is 351 g/mol. The van der Waals surface area contributed by atoms with Crippen molar-refractivity contribution >= 4 is 0 Å². The van der Waals surface area contributed by atoms with Gasteiger partial charge in [-0.25, -0.2) is 0 Å². The molecular weight excluding hydrogens is 331 g/mol. The van der Waals surface area contributed by atoms with E-state index in [-0.39, 0.29) is 11.5 Å². The van der Waals surface area contributed by atoms with Gasteiger partial charge in [0, 0.05) is 0 Å². The molecule has 1 fully saturated rings. The Balaban J connectivity index is 1.75. The van der Waals surface area contributed by atoms with Crippen molar-refractivity contribution < 1.29 is 22.6 Å². The van der Waals surface area contributed by atoms with Crippen molar-refractivity contribution in [2.75, 3.05) is 19.7 Å². The first kappa shape index (κ1) is 17.6. The highest BCUT2D eigenvalue weighted by Crippen LogP contribution is 2.40. The molecule has 2 aromatic rings. The molecule has 3 nitrogen and oxygen atoms in total. The van der Waals surface area contributed by atoms with Crippen molar-refractivity contribution in [3.8, 4) is 17.2 Å². The summed E-state index contributed by atoms with van der Waals surface area (Å²) in [4.78, 5) is 0. The van der Waals surface area contributed by atoms with E-state index >= 15 is 0 Å². The second kappa shape index (κ2) is 7.78. The summed E-state index contributed by atoms with van der Waals surface area (Å²) in [6.07, 6.45) is -2.42. The maximum absolute atomic E-state index is 13.1. The van der Waals surface area contributed by atoms with Gasteiger partial charge in [0.1, 0.15) is 5.75 Å². The third-order valence-electron chi connectivity index (χ3n) is 4.19. The van der Waals surface area contributed by atoms with Crippen LogP contribution < -0.4 is 14.8 Å². The quantitative estimate of drug-likeness (QED) is 0.833. The first-order valence-corrected chi connectivity index (χ1v) is 8.30. The molecule has 3 rings (SSSR count). The highest BCUT2D eigenvalue weighted by molar-refractivity contribution is 5.45. The van der Waals surface area contributed by atoms with Crippen LogP contribution in [0.3, 0.4) is 0 Å². The number of benzene rings is 2. The van der Waals surface area contributed by atoms with E-state index in [1.807, 2.05) is 0 Å². The Hall–Kier alpha value is -2.21. The largest absolute Gasteiger partial charge is 0.489 e. The number of nitrogens with one attached hydrogen (secondary N) is 1. The molecule has 0 amide bonds. The number of rotatable bonds is 5. The molecule has 0 unspecified atom stereocenters. The van der Waals surface area contributed by atoms with Crippen molar-refractivity contribution in [2.45, 2.75) is 19.0 Å². The van der Waals surface area contributed by atoms with E-state index in [0.717, 1.165) is 32.0 Å². The van der Waals surface area contributed by atoms with Gasteiger partial charge in [-0.15, -0.1) is 0 Å². The van der Waals surface area contributed by atoms with Crippen molar-refractivity contribution in [1.29, 1.82) is 0 Å². The van der Waals surface area contributed by atoms with Gasteiger partial charge in [0.2, 0.25) is 0 Å². The van der Waals surface area contributed by atoms with Crippen LogP contribution in [0.1, 0.15) is 18.4 Å². The molecule has 0 spiro atoms. The van der Waals surface area contributed by atoms with Crippen LogP contribution in [-0.4, -0.2) is 19.7 Å². The fourth-order valence-electron chi connectivity index (χ4n) is 2.82. The minimum Gasteiger partial charge on any atom is -0.489 e. The van der Waals surface area contributed by atoms with Gasteiger partial charge in [0.25, 0.3) is 0 Å². The van der Waals surface area contributed by atoms with E-state index in [1.54, 1.807) is 24.3 Å². The first-order valence-electron chi connectivity index (χ1n) is 8.30. The van der Waals surface area contributed by atoms with Crippen molar-refractivity contribution in [3.63, 3.8) is 0 Å². The van der Waals surface area contributed by atoms with Gasteiger partial charge >= 0.3 is 6.18 Å². The zero-order chi connectivity index (χ0) is 17.7. The molecule has 6 heteroatoms. The lowest BCUT2D eigenvalue weighted by molar-refractivity contribution is -0.138. The number of alkyl halides is 3. The van der Waals surface area contributed by atoms with Crippen LogP contribution in [0.15, 0.2) is 48.5 Å². The Morgan fingerprint density at radius 1 is 0.880 bits per heavy atom. The van der Waals surface area contributed by atoms with Crippen LogP contribution in [0.4, 0.5) is 13.2 Å². The average Bonchev–Trinajstić information content (AvgIpc) is 2.61. The SMILES string of the molecule is FC(F)(F)c1ccccc1Oc1ccccc1OCC1CCNCC1. The summed E-state index contributed by atoms with van der Waals surface area (Å²) in [6.45, 7) is 2.46. The molecule has 0 atom stereocenters. The molecular formula is C19H20F3NO2. The van der Waals surface area contributed by atoms with Gasteiger partial charge in [0.05, 0.1) is 12.2 Å². The van der Waals surface area contributed by atoms with Gasteiger partial charge < -0.3 is 14.8 Å². The van der Waals surface area contributed by atoms with E-state index in [1.165, 1.54) is 18.2 Å². The number of ether oxygens (including phenoxy) is 2. The summed E-state index contributed by atoms with van der Waals surface area (Å²) in [5, 5.41) is 3.29. The molecule has 2 aromatic carbocycles. The molecule has 0 aliphatic carbocycles. The summed E-state index contributed by atoms with van der Waals surface area (Å²) < 4.78 is 50.8. The Kier molecular flexibility index (Phi) is 5.48. The molecule has 1 N–H and O–H groups in total. The summed E-state index contributed by atoms with van der Waals surface area (Å²) in [7, 11) is 0. The van der Waals surface area contributed by atoms with Crippen LogP contribution in [0.5, 0.6) is 17.2 Å². The Morgan fingerprint density at radius 3 is 2.16 bits per heavy atom. The summed E-state index contributed by atoms with van der Waals surface area (Å²) in [5.41, 5.74) is -0.803. The van der Waals surface area contributed by atoms with E-state index < -0.39 is 11.7 Å². The predicted molar refractivity (Wildman–Crippen MR) is 89.0 cm³/mol. The maximum Gasteiger partial charge on any atom is 0.419 e. The maximum atomic E-state index is 13.1. The van der Waals surface area contributed by atoms with Crippen LogP contribution in [-0.2, 0) is 6.18 Å². The van der Waals surface area contributed by atoms with Gasteiger partial charge in [-0.1, -0.05) is 24.3 Å². The Labute approximate surface area is 144 Å². The number of hydrogen-bond acceptors (Lipinski definition) is 3. The summed E-state index contributed by atoms with van der Waals surface area (Å²) in [5.74, 6) is 0.954. The topological polar surface area (TPSA) is 30.5 Å². The second-order valence-corrected chi connectivity index (χ2v) is 6.05. The zero-order valence-corrected chi connectivity index (χ0v) is 13.7. The number of halogens is 3. The molecule has 0 bridgehead atoms. The van der Waals surface area contributed by atoms with Crippen LogP contribution in [0, 0.1) is 5.92 Å². The molecule has 0 aromatic heterocycles. The lowest BCUT2D eigenvalue weighted by Gasteiger charge is -2.23. The molecule has 1 aliphatic heterocycles. The minimum absolute atomic E-state index is 0.229. The van der Waals surface area contributed by atoms with Crippen LogP contribution in [0.2, 0.25) is 0 Å². The van der Waals surface area contributed by atoms with E-state index in [9.17, 15) is 13.2 Å². The van der Waals surface area contributed by atoms with Gasteiger partial charge in [0.15, 0.2) is 11.5 Å². The third-order valence-corrected chi connectivity index (χ3v) is 4.19. The van der Waals surface area contributed by atoms with Crippen molar-refractivity contribution in [3.05, 3.63) is 54.1 Å². The van der Waals surface area contributed by atoms with Crippen LogP contribution in [0.25, 0.3) is 0 Å². The highest BCUT2D eigenvalue weighted by atomic mass is 19.4. The first-order chi connectivity index (χ1) is 12.0. The van der Waals surface area contributed by atoms with E-state index in [2.05, 4.69) is 5.32 Å². The number of hydrogen-bond donors (Lipinski definition) is 1. The molecule has 134 valence electrons. The lowest BCUT2D eigenvalue weighted by Crippen LogP contribution is -2.30. The lowest BCUT2D eigenvalue weighted by atomic mass is 9.99. The van der Waals surface area contributed by atoms with Gasteiger partial charge in [-0.2, -0.15) is 13.2 Å². The van der Waals surface area contributed by atoms with Gasteiger partial charge in [-0.3, -0.25) is 0 Å². The van der Waals surface area contributed by atoms with E-state index in [4.69, 9.17) is 9.47 Å². The minimum atomic E-state index is -4.47. The predicted octanol–water partition coefficient (Wildman–Crippen LogP) is 4.88. The Morgan fingerprint density at radius 2 is 1.48 bits per heavy atom. The number of para-hydroxylation sites is 3. The highest BCUT2D eigenvalue weighted by Gasteiger charge is 2.34. The van der Waals surface area contributed by atoms with E-state index in [0.29, 0.717) is 18.3 Å². The molecule has 0 saturated carbocycles. The normalized spacial score (nSPS) is 15.8. The summed E-state index contributed by atoms with van der Waals surface area (Å²) in [6, 6.07) is 12.0. The van der Waals surface area contributed by atoms with Gasteiger partial charge in [-0.05, 0) is 56.1 Å². The second-order valence-electron chi connectivity index (χ2n) is 6.05. The Bertz CT molecular complexity index is 697. The van der Waals surface area contributed by atoms with Crippen molar-refractivity contribution in [1.82, 2.24) is 5.32 Å². The third kappa shape index (κ3) is 4.66. The fraction of sp³-hybridized carbons (Fsp3) is 0.368. The molecule has 1 heterocycles. The van der Waals surface area contributed by atoms with Crippen LogP contribution >= 0.6 is 0 Å². The molecule has 1 saturated heterocycles. The van der Waals surface area contributed by atoms with Crippen molar-refractivity contribution in [2.24, 2.45) is 5.92 Å². The zero-order valence-electron chi connectivity index (χ0n) is 13.7.